The van der Waals surface area contributed by atoms with Crippen molar-refractivity contribution >= 4 is 17.7 Å². The number of carbonyl (C=O) groups excluding carboxylic acids is 1. The van der Waals surface area contributed by atoms with Gasteiger partial charge in [-0.1, -0.05) is 19.3 Å². The normalized spacial score (nSPS) is 26.1. The van der Waals surface area contributed by atoms with Crippen LogP contribution in [0, 0.1) is 5.92 Å². The molecule has 2 aliphatic carbocycles. The molecule has 1 aromatic heterocycles. The van der Waals surface area contributed by atoms with E-state index in [9.17, 15) is 4.79 Å². The molecule has 1 saturated heterocycles. The molecule has 2 heterocycles. The molecular formula is C23H34N2O4S. The number of rotatable bonds is 14. The Labute approximate surface area is 184 Å². The molecule has 0 bridgehead atoms. The van der Waals surface area contributed by atoms with Gasteiger partial charge in [-0.15, -0.1) is 0 Å². The van der Waals surface area contributed by atoms with Gasteiger partial charge in [0.25, 0.3) is 5.91 Å². The Hall–Kier alpha value is -1.15. The van der Waals surface area contributed by atoms with Crippen LogP contribution in [0.5, 0.6) is 0 Å². The van der Waals surface area contributed by atoms with Crippen molar-refractivity contribution in [1.82, 2.24) is 9.88 Å². The summed E-state index contributed by atoms with van der Waals surface area (Å²) in [6, 6.07) is 4.22. The molecule has 0 unspecified atom stereocenters. The summed E-state index contributed by atoms with van der Waals surface area (Å²) in [5.74, 6) is 1.79. The monoisotopic (exact) mass is 434 g/mol. The maximum atomic E-state index is 13.2. The third-order valence-electron chi connectivity index (χ3n) is 6.35. The number of thioether (sulfide) groups is 1. The molecule has 3 fully saturated rings. The SMILES string of the molecule is COCO[C@@]1(Cc2cc(CCCC3CC3)ccn2)C(=O)N(COC)[C@H]1CSC1CC1. The Kier molecular flexibility index (Phi) is 7.34. The van der Waals surface area contributed by atoms with Gasteiger partial charge in [0.1, 0.15) is 13.5 Å². The summed E-state index contributed by atoms with van der Waals surface area (Å²) in [7, 11) is 3.22. The number of carbonyl (C=O) groups is 1. The molecule has 1 amide bonds. The number of amides is 1. The highest BCUT2D eigenvalue weighted by Crippen LogP contribution is 2.43. The van der Waals surface area contributed by atoms with Crippen LogP contribution in [0.1, 0.15) is 49.8 Å². The van der Waals surface area contributed by atoms with Gasteiger partial charge in [0.2, 0.25) is 0 Å². The average Bonchev–Trinajstić information content (AvgIpc) is 3.66. The zero-order valence-electron chi connectivity index (χ0n) is 18.2. The number of hydrogen-bond acceptors (Lipinski definition) is 6. The number of aromatic nitrogens is 1. The van der Waals surface area contributed by atoms with Crippen molar-refractivity contribution in [3.8, 4) is 0 Å². The van der Waals surface area contributed by atoms with E-state index in [0.29, 0.717) is 13.2 Å². The lowest BCUT2D eigenvalue weighted by Crippen LogP contribution is -2.77. The molecule has 7 heteroatoms. The van der Waals surface area contributed by atoms with Gasteiger partial charge < -0.3 is 19.1 Å². The smallest absolute Gasteiger partial charge is 0.259 e. The predicted molar refractivity (Wildman–Crippen MR) is 117 cm³/mol. The standard InChI is InChI=1S/C23H34N2O4S/c1-27-15-25-21(14-30-20-8-9-20)23(22(25)26,29-16-28-2)13-19-12-18(10-11-24-19)5-3-4-17-6-7-17/h10-12,17,20-21H,3-9,13-16H2,1-2H3/t21-,23+/m0/s1. The Bertz CT molecular complexity index is 725. The molecule has 3 aliphatic rings. The van der Waals surface area contributed by atoms with E-state index in [1.807, 2.05) is 18.0 Å². The van der Waals surface area contributed by atoms with Crippen molar-refractivity contribution in [3.05, 3.63) is 29.6 Å². The summed E-state index contributed by atoms with van der Waals surface area (Å²) in [4.78, 5) is 19.6. The van der Waals surface area contributed by atoms with Gasteiger partial charge in [-0.3, -0.25) is 9.78 Å². The second-order valence-corrected chi connectivity index (χ2v) is 10.2. The highest BCUT2D eigenvalue weighted by molar-refractivity contribution is 8.00. The van der Waals surface area contributed by atoms with Crippen LogP contribution < -0.4 is 0 Å². The zero-order valence-corrected chi connectivity index (χ0v) is 19.0. The molecule has 0 spiro atoms. The van der Waals surface area contributed by atoms with E-state index in [4.69, 9.17) is 14.2 Å². The second-order valence-electron chi connectivity index (χ2n) is 8.85. The van der Waals surface area contributed by atoms with Crippen molar-refractivity contribution in [2.45, 2.75) is 68.3 Å². The van der Waals surface area contributed by atoms with Crippen LogP contribution in [0.3, 0.4) is 0 Å². The molecule has 2 atom stereocenters. The highest BCUT2D eigenvalue weighted by Gasteiger charge is 2.62. The van der Waals surface area contributed by atoms with E-state index in [2.05, 4.69) is 17.1 Å². The van der Waals surface area contributed by atoms with Gasteiger partial charge in [0.05, 0.1) is 6.04 Å². The van der Waals surface area contributed by atoms with E-state index >= 15 is 0 Å². The maximum absolute atomic E-state index is 13.2. The number of likely N-dealkylation sites (tertiary alicyclic amines) is 1. The van der Waals surface area contributed by atoms with Crippen LogP contribution in [0.25, 0.3) is 0 Å². The number of hydrogen-bond donors (Lipinski definition) is 0. The van der Waals surface area contributed by atoms with Crippen LogP contribution in [-0.2, 0) is 31.8 Å². The van der Waals surface area contributed by atoms with E-state index in [-0.39, 0.29) is 18.7 Å². The lowest BCUT2D eigenvalue weighted by atomic mass is 9.79. The number of nitrogens with zero attached hydrogens (tertiary/aromatic N) is 2. The summed E-state index contributed by atoms with van der Waals surface area (Å²) in [5, 5.41) is 0.721. The lowest BCUT2D eigenvalue weighted by molar-refractivity contribution is -0.229. The van der Waals surface area contributed by atoms with Crippen LogP contribution in [0.15, 0.2) is 18.3 Å². The topological polar surface area (TPSA) is 60.9 Å². The van der Waals surface area contributed by atoms with Crippen LogP contribution in [0.4, 0.5) is 0 Å². The van der Waals surface area contributed by atoms with Gasteiger partial charge in [-0.2, -0.15) is 11.8 Å². The molecule has 0 radical (unpaired) electrons. The highest BCUT2D eigenvalue weighted by atomic mass is 32.2. The van der Waals surface area contributed by atoms with E-state index < -0.39 is 5.60 Å². The fourth-order valence-corrected chi connectivity index (χ4v) is 5.68. The minimum absolute atomic E-state index is 0.0243. The number of ether oxygens (including phenoxy) is 3. The molecule has 2 saturated carbocycles. The first-order valence-corrected chi connectivity index (χ1v) is 12.2. The van der Waals surface area contributed by atoms with E-state index in [0.717, 1.165) is 29.0 Å². The van der Waals surface area contributed by atoms with Crippen molar-refractivity contribution in [3.63, 3.8) is 0 Å². The second kappa shape index (κ2) is 9.98. The fraction of sp³-hybridized carbons (Fsp3) is 0.739. The molecule has 0 aromatic carbocycles. The van der Waals surface area contributed by atoms with Gasteiger partial charge >= 0.3 is 0 Å². The van der Waals surface area contributed by atoms with Gasteiger partial charge in [0, 0.05) is 43.5 Å². The summed E-state index contributed by atoms with van der Waals surface area (Å²) in [6.45, 7) is 0.389. The van der Waals surface area contributed by atoms with Gasteiger partial charge in [-0.25, -0.2) is 0 Å². The molecule has 0 N–H and O–H groups in total. The van der Waals surface area contributed by atoms with Crippen molar-refractivity contribution in [2.24, 2.45) is 5.92 Å². The van der Waals surface area contributed by atoms with Crippen molar-refractivity contribution in [1.29, 1.82) is 0 Å². The molecule has 30 heavy (non-hydrogen) atoms. The molecule has 1 aliphatic heterocycles. The third kappa shape index (κ3) is 5.18. The van der Waals surface area contributed by atoms with Crippen LogP contribution in [-0.4, -0.2) is 66.2 Å². The fourth-order valence-electron chi connectivity index (χ4n) is 4.30. The van der Waals surface area contributed by atoms with Crippen molar-refractivity contribution < 1.29 is 19.0 Å². The van der Waals surface area contributed by atoms with Crippen molar-refractivity contribution in [2.75, 3.05) is 33.5 Å². The average molecular weight is 435 g/mol. The number of methoxy groups -OCH3 is 2. The maximum Gasteiger partial charge on any atom is 0.259 e. The van der Waals surface area contributed by atoms with Gasteiger partial charge in [-0.05, 0) is 49.3 Å². The molecule has 4 rings (SSSR count). The minimum Gasteiger partial charge on any atom is -0.364 e. The predicted octanol–water partition coefficient (Wildman–Crippen LogP) is 3.43. The summed E-state index contributed by atoms with van der Waals surface area (Å²) >= 11 is 1.94. The first-order valence-electron chi connectivity index (χ1n) is 11.1. The number of β-lactam (4-membered cyclic amide) rings is 1. The largest absolute Gasteiger partial charge is 0.364 e. The van der Waals surface area contributed by atoms with E-state index in [1.54, 1.807) is 19.1 Å². The Balaban J connectivity index is 1.47. The molecule has 166 valence electrons. The Morgan fingerprint density at radius 3 is 2.77 bits per heavy atom. The van der Waals surface area contributed by atoms with Gasteiger partial charge in [0.15, 0.2) is 5.60 Å². The zero-order chi connectivity index (χ0) is 21.0. The summed E-state index contributed by atoms with van der Waals surface area (Å²) in [6.07, 6.45) is 11.3. The number of aryl methyl sites for hydroxylation is 1. The lowest BCUT2D eigenvalue weighted by Gasteiger charge is -2.54. The van der Waals surface area contributed by atoms with Crippen LogP contribution >= 0.6 is 11.8 Å². The third-order valence-corrected chi connectivity index (χ3v) is 7.80. The Morgan fingerprint density at radius 2 is 2.07 bits per heavy atom. The minimum atomic E-state index is -0.921. The Morgan fingerprint density at radius 1 is 1.23 bits per heavy atom. The summed E-state index contributed by atoms with van der Waals surface area (Å²) < 4.78 is 16.6. The first kappa shape index (κ1) is 22.1. The van der Waals surface area contributed by atoms with Crippen LogP contribution in [0.2, 0.25) is 0 Å². The first-order chi connectivity index (χ1) is 14.7. The number of pyridine rings is 1. The van der Waals surface area contributed by atoms with E-state index in [1.165, 1.54) is 44.1 Å². The molecule has 6 nitrogen and oxygen atoms in total. The summed E-state index contributed by atoms with van der Waals surface area (Å²) in [5.41, 5.74) is 1.30. The molecule has 1 aromatic rings. The molecular weight excluding hydrogens is 400 g/mol. The quantitative estimate of drug-likeness (QED) is 0.330.